The van der Waals surface area contributed by atoms with Gasteiger partial charge < -0.3 is 0 Å². The van der Waals surface area contributed by atoms with E-state index in [-0.39, 0.29) is 0 Å². The fourth-order valence-electron chi connectivity index (χ4n) is 2.95. The van der Waals surface area contributed by atoms with Crippen LogP contribution in [0.4, 0.5) is 13.2 Å². The lowest BCUT2D eigenvalue weighted by atomic mass is 9.81. The second kappa shape index (κ2) is 3.19. The molecule has 1 saturated carbocycles. The van der Waals surface area contributed by atoms with Crippen molar-refractivity contribution >= 4 is 23.2 Å². The monoisotopic (exact) mass is 262 g/mol. The first-order valence-electron chi connectivity index (χ1n) is 4.91. The Morgan fingerprint density at radius 1 is 1.20 bits per heavy atom. The lowest BCUT2D eigenvalue weighted by molar-refractivity contribution is -0.192. The minimum Gasteiger partial charge on any atom is -0.171 e. The van der Waals surface area contributed by atoms with Gasteiger partial charge in [-0.25, -0.2) is 0 Å². The van der Waals surface area contributed by atoms with Crippen LogP contribution in [0, 0.1) is 16.7 Å². The summed E-state index contributed by atoms with van der Waals surface area (Å²) in [5, 5.41) is 0. The van der Waals surface area contributed by atoms with Crippen LogP contribution in [-0.2, 0) is 0 Å². The molecule has 2 unspecified atom stereocenters. The van der Waals surface area contributed by atoms with Crippen LogP contribution < -0.4 is 0 Å². The highest BCUT2D eigenvalue weighted by molar-refractivity contribution is 6.52. The third kappa shape index (κ3) is 1.35. The van der Waals surface area contributed by atoms with Crippen LogP contribution in [0.5, 0.6) is 0 Å². The van der Waals surface area contributed by atoms with Crippen LogP contribution in [0.15, 0.2) is 0 Å². The molecule has 0 N–H and O–H groups in total. The number of rotatable bonds is 2. The molecule has 15 heavy (non-hydrogen) atoms. The predicted octanol–water partition coefficient (Wildman–Crippen LogP) is 4.79. The van der Waals surface area contributed by atoms with Gasteiger partial charge in [-0.05, 0) is 6.42 Å². The molecule has 0 amide bonds. The van der Waals surface area contributed by atoms with E-state index in [1.54, 1.807) is 20.8 Å². The number of halogens is 5. The first-order chi connectivity index (χ1) is 6.47. The summed E-state index contributed by atoms with van der Waals surface area (Å²) in [6.45, 7) is 6.26. The maximum Gasteiger partial charge on any atom is 0.392 e. The van der Waals surface area contributed by atoms with Gasteiger partial charge in [-0.1, -0.05) is 27.7 Å². The van der Waals surface area contributed by atoms with E-state index < -0.39 is 27.3 Å². The molecule has 0 aromatic heterocycles. The van der Waals surface area contributed by atoms with Gasteiger partial charge in [0.2, 0.25) is 0 Å². The standard InChI is InChI=1S/C10H15Cl2F3/c1-5-8(6(2)9(13,14)15)7(3,4)10(8,11)12/h6H,5H2,1-4H3. The lowest BCUT2D eigenvalue weighted by Crippen LogP contribution is -2.33. The molecule has 2 atom stereocenters. The molecular weight excluding hydrogens is 248 g/mol. The van der Waals surface area contributed by atoms with Gasteiger partial charge in [-0.2, -0.15) is 13.2 Å². The van der Waals surface area contributed by atoms with Crippen molar-refractivity contribution in [1.82, 2.24) is 0 Å². The summed E-state index contributed by atoms with van der Waals surface area (Å²) in [7, 11) is 0. The topological polar surface area (TPSA) is 0 Å². The molecule has 0 aromatic rings. The van der Waals surface area contributed by atoms with Crippen LogP contribution >= 0.6 is 23.2 Å². The van der Waals surface area contributed by atoms with E-state index in [0.29, 0.717) is 6.42 Å². The summed E-state index contributed by atoms with van der Waals surface area (Å²) in [6.07, 6.45) is -3.92. The molecule has 0 aliphatic heterocycles. The van der Waals surface area contributed by atoms with Crippen molar-refractivity contribution < 1.29 is 13.2 Å². The van der Waals surface area contributed by atoms with Gasteiger partial charge in [-0.3, -0.25) is 0 Å². The third-order valence-corrected chi connectivity index (χ3v) is 5.81. The summed E-state index contributed by atoms with van der Waals surface area (Å²) >= 11 is 12.0. The second-order valence-electron chi connectivity index (χ2n) is 4.79. The van der Waals surface area contributed by atoms with Crippen molar-refractivity contribution in [3.8, 4) is 0 Å². The third-order valence-electron chi connectivity index (χ3n) is 4.19. The molecular formula is C10H15Cl2F3. The van der Waals surface area contributed by atoms with Crippen molar-refractivity contribution in [3.05, 3.63) is 0 Å². The molecule has 0 saturated heterocycles. The zero-order valence-electron chi connectivity index (χ0n) is 9.17. The summed E-state index contributed by atoms with van der Waals surface area (Å²) in [5.41, 5.74) is -1.77. The quantitative estimate of drug-likeness (QED) is 0.628. The molecule has 1 rings (SSSR count). The van der Waals surface area contributed by atoms with E-state index in [9.17, 15) is 13.2 Å². The maximum absolute atomic E-state index is 12.7. The van der Waals surface area contributed by atoms with Gasteiger partial charge >= 0.3 is 6.18 Å². The van der Waals surface area contributed by atoms with Crippen molar-refractivity contribution in [2.24, 2.45) is 16.7 Å². The van der Waals surface area contributed by atoms with Crippen molar-refractivity contribution in [1.29, 1.82) is 0 Å². The highest BCUT2D eigenvalue weighted by Crippen LogP contribution is 2.83. The summed E-state index contributed by atoms with van der Waals surface area (Å²) in [6, 6.07) is 0. The minimum absolute atomic E-state index is 0.327. The van der Waals surface area contributed by atoms with Gasteiger partial charge in [-0.15, -0.1) is 23.2 Å². The average Bonchev–Trinajstić information content (AvgIpc) is 2.37. The van der Waals surface area contributed by atoms with Crippen LogP contribution in [0.3, 0.4) is 0 Å². The highest BCUT2D eigenvalue weighted by Gasteiger charge is 2.84. The molecule has 90 valence electrons. The smallest absolute Gasteiger partial charge is 0.171 e. The van der Waals surface area contributed by atoms with E-state index in [1.807, 2.05) is 0 Å². The zero-order chi connectivity index (χ0) is 12.3. The van der Waals surface area contributed by atoms with Gasteiger partial charge in [0, 0.05) is 10.8 Å². The summed E-state index contributed by atoms with van der Waals surface area (Å²) < 4.78 is 36.9. The Bertz CT molecular complexity index is 254. The van der Waals surface area contributed by atoms with E-state index in [1.165, 1.54) is 0 Å². The Hall–Kier alpha value is 0.370. The molecule has 0 radical (unpaired) electrons. The van der Waals surface area contributed by atoms with E-state index in [4.69, 9.17) is 23.2 Å². The van der Waals surface area contributed by atoms with Crippen LogP contribution in [0.1, 0.15) is 34.1 Å². The van der Waals surface area contributed by atoms with E-state index >= 15 is 0 Å². The second-order valence-corrected chi connectivity index (χ2v) is 6.11. The highest BCUT2D eigenvalue weighted by atomic mass is 35.5. The van der Waals surface area contributed by atoms with Crippen molar-refractivity contribution in [2.45, 2.75) is 44.6 Å². The Balaban J connectivity index is 3.12. The first kappa shape index (κ1) is 13.4. The molecule has 0 heterocycles. The summed E-state index contributed by atoms with van der Waals surface area (Å²) in [5.74, 6) is -1.49. The van der Waals surface area contributed by atoms with Crippen LogP contribution in [-0.4, -0.2) is 10.5 Å². The number of hydrogen-bond donors (Lipinski definition) is 0. The van der Waals surface area contributed by atoms with Gasteiger partial charge in [0.15, 0.2) is 0 Å². The van der Waals surface area contributed by atoms with Crippen molar-refractivity contribution in [3.63, 3.8) is 0 Å². The van der Waals surface area contributed by atoms with Crippen molar-refractivity contribution in [2.75, 3.05) is 0 Å². The van der Waals surface area contributed by atoms with Gasteiger partial charge in [0.1, 0.15) is 4.33 Å². The average molecular weight is 263 g/mol. The van der Waals surface area contributed by atoms with Crippen LogP contribution in [0.2, 0.25) is 0 Å². The molecule has 1 aliphatic rings. The Morgan fingerprint density at radius 2 is 1.53 bits per heavy atom. The molecule has 1 fully saturated rings. The molecule has 5 heteroatoms. The predicted molar refractivity (Wildman–Crippen MR) is 56.2 cm³/mol. The lowest BCUT2D eigenvalue weighted by Gasteiger charge is -2.28. The zero-order valence-corrected chi connectivity index (χ0v) is 10.7. The largest absolute Gasteiger partial charge is 0.392 e. The van der Waals surface area contributed by atoms with Crippen LogP contribution in [0.25, 0.3) is 0 Å². The van der Waals surface area contributed by atoms with Gasteiger partial charge in [0.05, 0.1) is 5.92 Å². The SMILES string of the molecule is CCC1(C(C)C(F)(F)F)C(C)(C)C1(Cl)Cl. The normalized spacial score (nSPS) is 35.0. The summed E-state index contributed by atoms with van der Waals surface area (Å²) in [4.78, 5) is 0. The van der Waals surface area contributed by atoms with Gasteiger partial charge in [0.25, 0.3) is 0 Å². The van der Waals surface area contributed by atoms with E-state index in [0.717, 1.165) is 6.92 Å². The first-order valence-corrected chi connectivity index (χ1v) is 5.67. The number of alkyl halides is 5. The Morgan fingerprint density at radius 3 is 1.60 bits per heavy atom. The fraction of sp³-hybridized carbons (Fsp3) is 1.00. The van der Waals surface area contributed by atoms with E-state index in [2.05, 4.69) is 0 Å². The molecule has 0 nitrogen and oxygen atoms in total. The molecule has 1 aliphatic carbocycles. The minimum atomic E-state index is -4.25. The Kier molecular flexibility index (Phi) is 2.86. The molecule has 0 spiro atoms. The maximum atomic E-state index is 12.7. The molecule has 0 aromatic carbocycles. The fourth-order valence-corrected chi connectivity index (χ4v) is 4.26. The Labute approximate surface area is 98.1 Å². The number of hydrogen-bond acceptors (Lipinski definition) is 0. The molecule has 0 bridgehead atoms.